The summed E-state index contributed by atoms with van der Waals surface area (Å²) in [4.78, 5) is 17.5. The molecule has 2 N–H and O–H groups in total. The summed E-state index contributed by atoms with van der Waals surface area (Å²) in [5.74, 6) is 0.263. The highest BCUT2D eigenvalue weighted by molar-refractivity contribution is 6.04. The van der Waals surface area contributed by atoms with Crippen molar-refractivity contribution in [2.75, 3.05) is 5.73 Å². The van der Waals surface area contributed by atoms with Gasteiger partial charge < -0.3 is 15.2 Å². The largest absolute Gasteiger partial charge is 0.489 e. The monoisotopic (exact) mass is 504 g/mol. The van der Waals surface area contributed by atoms with Gasteiger partial charge in [0.15, 0.2) is 6.20 Å². The first kappa shape index (κ1) is 25.0. The van der Waals surface area contributed by atoms with Gasteiger partial charge in [-0.3, -0.25) is 4.79 Å². The van der Waals surface area contributed by atoms with Crippen molar-refractivity contribution in [1.29, 1.82) is 0 Å². The van der Waals surface area contributed by atoms with Crippen LogP contribution < -0.4 is 15.0 Å². The first-order valence-corrected chi connectivity index (χ1v) is 12.5. The summed E-state index contributed by atoms with van der Waals surface area (Å²) in [7, 11) is 0. The topological polar surface area (TPSA) is 78.3 Å². The van der Waals surface area contributed by atoms with Crippen molar-refractivity contribution in [3.05, 3.63) is 114 Å². The van der Waals surface area contributed by atoms with E-state index in [1.807, 2.05) is 65.4 Å². The summed E-state index contributed by atoms with van der Waals surface area (Å²) in [5, 5.41) is 2.17. The highest BCUT2D eigenvalue weighted by Crippen LogP contribution is 2.30. The Morgan fingerprint density at radius 1 is 0.974 bits per heavy atom. The van der Waals surface area contributed by atoms with Crippen molar-refractivity contribution in [3.8, 4) is 5.75 Å². The molecule has 0 saturated heterocycles. The first-order valence-electron chi connectivity index (χ1n) is 12.5. The van der Waals surface area contributed by atoms with E-state index in [1.54, 1.807) is 12.3 Å². The number of esters is 1. The molecule has 0 atom stereocenters. The van der Waals surface area contributed by atoms with E-state index in [0.29, 0.717) is 29.2 Å². The fourth-order valence-corrected chi connectivity index (χ4v) is 4.66. The highest BCUT2D eigenvalue weighted by Gasteiger charge is 2.20. The number of aromatic nitrogens is 2. The van der Waals surface area contributed by atoms with Crippen LogP contribution in [-0.4, -0.2) is 11.0 Å². The molecule has 0 aliphatic carbocycles. The van der Waals surface area contributed by atoms with Crippen LogP contribution in [0, 0.1) is 13.8 Å². The molecule has 0 bridgehead atoms. The normalized spacial score (nSPS) is 11.0. The Bertz CT molecular complexity index is 1660. The number of hydrogen-bond donors (Lipinski definition) is 1. The second kappa shape index (κ2) is 10.7. The van der Waals surface area contributed by atoms with Crippen LogP contribution in [0.2, 0.25) is 0 Å². The van der Waals surface area contributed by atoms with Crippen molar-refractivity contribution in [2.24, 2.45) is 0 Å². The number of carbonyl (C=O) groups is 1. The number of fused-ring (bicyclic) bond motifs is 3. The molecule has 0 aliphatic heterocycles. The molecule has 38 heavy (non-hydrogen) atoms. The summed E-state index contributed by atoms with van der Waals surface area (Å²) >= 11 is 0. The molecule has 190 valence electrons. The lowest BCUT2D eigenvalue weighted by atomic mass is 9.98. The number of rotatable bonds is 8. The van der Waals surface area contributed by atoms with Crippen molar-refractivity contribution in [3.63, 3.8) is 0 Å². The van der Waals surface area contributed by atoms with E-state index in [-0.39, 0.29) is 13.2 Å². The molecule has 0 spiro atoms. The average molecular weight is 505 g/mol. The first-order chi connectivity index (χ1) is 18.4. The average Bonchev–Trinajstić information content (AvgIpc) is 2.94. The van der Waals surface area contributed by atoms with Gasteiger partial charge in [-0.1, -0.05) is 43.0 Å². The van der Waals surface area contributed by atoms with Gasteiger partial charge in [0.2, 0.25) is 5.52 Å². The van der Waals surface area contributed by atoms with Crippen LogP contribution in [0.1, 0.15) is 28.7 Å². The second-order valence-corrected chi connectivity index (χ2v) is 9.34. The summed E-state index contributed by atoms with van der Waals surface area (Å²) in [6, 6.07) is 23.3. The summed E-state index contributed by atoms with van der Waals surface area (Å²) in [6.45, 7) is 8.81. The zero-order valence-corrected chi connectivity index (χ0v) is 21.6. The van der Waals surface area contributed by atoms with Gasteiger partial charge in [-0.05, 0) is 66.4 Å². The third-order valence-corrected chi connectivity index (χ3v) is 6.85. The van der Waals surface area contributed by atoms with Crippen molar-refractivity contribution >= 4 is 39.0 Å². The Kier molecular flexibility index (Phi) is 7.05. The number of carbonyl (C=O) groups excluding carboxylic acids is 1. The van der Waals surface area contributed by atoms with E-state index in [0.717, 1.165) is 27.4 Å². The lowest BCUT2D eigenvalue weighted by molar-refractivity contribution is -0.703. The zero-order chi connectivity index (χ0) is 26.6. The zero-order valence-electron chi connectivity index (χ0n) is 21.6. The van der Waals surface area contributed by atoms with Gasteiger partial charge in [0, 0.05) is 28.9 Å². The summed E-state index contributed by atoms with van der Waals surface area (Å²) in [5.41, 5.74) is 13.2. The third kappa shape index (κ3) is 5.06. The van der Waals surface area contributed by atoms with Crippen molar-refractivity contribution in [2.45, 2.75) is 33.6 Å². The Hall–Kier alpha value is -4.71. The maximum absolute atomic E-state index is 12.8. The van der Waals surface area contributed by atoms with E-state index in [2.05, 4.69) is 37.5 Å². The quantitative estimate of drug-likeness (QED) is 0.120. The highest BCUT2D eigenvalue weighted by atomic mass is 16.5. The van der Waals surface area contributed by atoms with Gasteiger partial charge in [0.1, 0.15) is 17.9 Å². The van der Waals surface area contributed by atoms with Gasteiger partial charge in [-0.15, -0.1) is 0 Å². The Morgan fingerprint density at radius 3 is 2.55 bits per heavy atom. The molecule has 6 heteroatoms. The second-order valence-electron chi connectivity index (χ2n) is 9.34. The predicted molar refractivity (Wildman–Crippen MR) is 150 cm³/mol. The third-order valence-electron chi connectivity index (χ3n) is 6.85. The van der Waals surface area contributed by atoms with Crippen molar-refractivity contribution in [1.82, 2.24) is 4.98 Å². The van der Waals surface area contributed by atoms with Gasteiger partial charge in [0.05, 0.1) is 11.8 Å². The van der Waals surface area contributed by atoms with Gasteiger partial charge in [0.25, 0.3) is 6.73 Å². The lowest BCUT2D eigenvalue weighted by Gasteiger charge is -2.13. The fourth-order valence-electron chi connectivity index (χ4n) is 4.66. The molecule has 6 nitrogen and oxygen atoms in total. The minimum Gasteiger partial charge on any atom is -0.489 e. The Morgan fingerprint density at radius 2 is 1.74 bits per heavy atom. The number of nitrogens with zero attached hydrogens (tertiary/aromatic N) is 2. The minimum absolute atomic E-state index is 0.00873. The van der Waals surface area contributed by atoms with E-state index in [1.165, 1.54) is 11.1 Å². The van der Waals surface area contributed by atoms with Crippen LogP contribution in [0.25, 0.3) is 27.4 Å². The smallest absolute Gasteiger partial charge is 0.315 e. The van der Waals surface area contributed by atoms with Gasteiger partial charge in [-0.25, -0.2) is 4.98 Å². The molecule has 0 amide bonds. The maximum atomic E-state index is 12.8. The van der Waals surface area contributed by atoms with Crippen molar-refractivity contribution < 1.29 is 18.8 Å². The molecule has 0 saturated carbocycles. The standard InChI is InChI=1S/C32H30N3O3/c1-21(28-18-25(13-14-29(28)33)37-19-24-9-5-4-6-10-24)17-30(36)38-20-35-16-8-12-27-23(3)22(2)26-11-7-15-34-31(26)32(27)35/h4-16,18H,1,17,19-20,33H2,2-3H3/q+1. The van der Waals surface area contributed by atoms with Crippen LogP contribution in [-0.2, 0) is 22.9 Å². The van der Waals surface area contributed by atoms with Gasteiger partial charge >= 0.3 is 5.97 Å². The molecule has 0 unspecified atom stereocenters. The van der Waals surface area contributed by atoms with E-state index in [4.69, 9.17) is 15.2 Å². The van der Waals surface area contributed by atoms with Gasteiger partial charge in [-0.2, -0.15) is 4.57 Å². The summed E-state index contributed by atoms with van der Waals surface area (Å²) in [6.07, 6.45) is 3.69. The molecule has 2 aromatic heterocycles. The van der Waals surface area contributed by atoms with Crippen LogP contribution >= 0.6 is 0 Å². The molecule has 2 heterocycles. The number of anilines is 1. The Balaban J connectivity index is 1.30. The predicted octanol–water partition coefficient (Wildman–Crippen LogP) is 6.06. The molecular formula is C32H30N3O3+. The number of nitrogens with two attached hydrogens (primary N) is 1. The summed E-state index contributed by atoms with van der Waals surface area (Å²) < 4.78 is 13.5. The molecule has 3 aromatic carbocycles. The number of nitrogen functional groups attached to an aromatic ring is 1. The molecule has 0 radical (unpaired) electrons. The molecular weight excluding hydrogens is 474 g/mol. The van der Waals surface area contributed by atoms with Crippen LogP contribution in [0.15, 0.2) is 91.8 Å². The van der Waals surface area contributed by atoms with E-state index >= 15 is 0 Å². The molecule has 5 rings (SSSR count). The molecule has 5 aromatic rings. The lowest BCUT2D eigenvalue weighted by Crippen LogP contribution is -2.37. The van der Waals surface area contributed by atoms with E-state index in [9.17, 15) is 4.79 Å². The number of benzene rings is 3. The maximum Gasteiger partial charge on any atom is 0.315 e. The molecule has 0 aliphatic rings. The SMILES string of the molecule is C=C(CC(=O)OC[n+]1cccc2c(C)c(C)c3cccnc3c21)c1cc(OCc2ccccc2)ccc1N. The fraction of sp³-hybridized carbons (Fsp3) is 0.156. The Labute approximate surface area is 222 Å². The number of hydrogen-bond acceptors (Lipinski definition) is 5. The van der Waals surface area contributed by atoms with Crippen LogP contribution in [0.5, 0.6) is 5.75 Å². The van der Waals surface area contributed by atoms with Crippen LogP contribution in [0.3, 0.4) is 0 Å². The van der Waals surface area contributed by atoms with Crippen LogP contribution in [0.4, 0.5) is 5.69 Å². The number of ether oxygens (including phenoxy) is 2. The minimum atomic E-state index is -0.393. The number of pyridine rings is 2. The molecule has 0 fully saturated rings. The number of aryl methyl sites for hydroxylation is 2. The van der Waals surface area contributed by atoms with E-state index < -0.39 is 5.97 Å².